The second-order valence-electron chi connectivity index (χ2n) is 7.12. The molecule has 9 nitrogen and oxygen atoms in total. The van der Waals surface area contributed by atoms with Crippen LogP contribution < -0.4 is 15.6 Å². The van der Waals surface area contributed by atoms with E-state index in [0.29, 0.717) is 13.1 Å². The molecule has 0 spiro atoms. The van der Waals surface area contributed by atoms with E-state index >= 15 is 0 Å². The lowest BCUT2D eigenvalue weighted by molar-refractivity contribution is -0.129. The smallest absolute Gasteiger partial charge is 0.261 e. The number of aromatic nitrogens is 1. The Balaban J connectivity index is 1.93. The van der Waals surface area contributed by atoms with Gasteiger partial charge >= 0.3 is 0 Å². The van der Waals surface area contributed by atoms with E-state index < -0.39 is 27.3 Å². The number of hydrogen-bond acceptors (Lipinski definition) is 5. The van der Waals surface area contributed by atoms with Gasteiger partial charge in [0.25, 0.3) is 15.9 Å². The van der Waals surface area contributed by atoms with Gasteiger partial charge in [0.15, 0.2) is 0 Å². The molecule has 33 heavy (non-hydrogen) atoms. The molecule has 2 amide bonds. The SMILES string of the molecule is CCN(CC)C(=O)CNC(=O)c1cc(=O)[nH]c2ccc(S(=O)(=O)Nc3ccc(F)cc3)cc12. The van der Waals surface area contributed by atoms with E-state index in [-0.39, 0.29) is 39.5 Å². The number of fused-ring (bicyclic) bond motifs is 1. The van der Waals surface area contributed by atoms with Crippen molar-refractivity contribution in [3.05, 3.63) is 70.3 Å². The third-order valence-corrected chi connectivity index (χ3v) is 6.36. The summed E-state index contributed by atoms with van der Waals surface area (Å²) in [4.78, 5) is 40.9. The molecule has 3 N–H and O–H groups in total. The molecular formula is C22H23FN4O5S. The third kappa shape index (κ3) is 5.55. The van der Waals surface area contributed by atoms with E-state index in [4.69, 9.17) is 0 Å². The van der Waals surface area contributed by atoms with Crippen LogP contribution in [0.1, 0.15) is 24.2 Å². The number of rotatable bonds is 8. The highest BCUT2D eigenvalue weighted by atomic mass is 32.2. The number of halogens is 1. The zero-order chi connectivity index (χ0) is 24.2. The number of benzene rings is 2. The number of carbonyl (C=O) groups excluding carboxylic acids is 2. The van der Waals surface area contributed by atoms with E-state index in [1.54, 1.807) is 4.90 Å². The molecular weight excluding hydrogens is 451 g/mol. The number of nitrogens with zero attached hydrogens (tertiary/aromatic N) is 1. The quantitative estimate of drug-likeness (QED) is 0.460. The fourth-order valence-electron chi connectivity index (χ4n) is 3.26. The maximum Gasteiger partial charge on any atom is 0.261 e. The molecule has 3 aromatic rings. The largest absolute Gasteiger partial charge is 0.343 e. The Bertz CT molecular complexity index is 1350. The predicted octanol–water partition coefficient (Wildman–Crippen LogP) is 2.07. The van der Waals surface area contributed by atoms with Crippen molar-refractivity contribution in [1.29, 1.82) is 0 Å². The normalized spacial score (nSPS) is 11.2. The van der Waals surface area contributed by atoms with Gasteiger partial charge in [0.2, 0.25) is 11.5 Å². The van der Waals surface area contributed by atoms with Crippen LogP contribution >= 0.6 is 0 Å². The Kier molecular flexibility index (Phi) is 7.12. The van der Waals surface area contributed by atoms with Crippen LogP contribution in [-0.4, -0.2) is 49.8 Å². The van der Waals surface area contributed by atoms with Crippen LogP contribution in [0.2, 0.25) is 0 Å². The lowest BCUT2D eigenvalue weighted by Crippen LogP contribution is -2.40. The van der Waals surface area contributed by atoms with Crippen molar-refractivity contribution in [3.63, 3.8) is 0 Å². The van der Waals surface area contributed by atoms with Crippen LogP contribution in [0.3, 0.4) is 0 Å². The van der Waals surface area contributed by atoms with Crippen molar-refractivity contribution < 1.29 is 22.4 Å². The van der Waals surface area contributed by atoms with Gasteiger partial charge < -0.3 is 15.2 Å². The Labute approximate surface area is 189 Å². The van der Waals surface area contributed by atoms with Gasteiger partial charge in [-0.05, 0) is 56.3 Å². The van der Waals surface area contributed by atoms with E-state index in [0.717, 1.165) is 18.2 Å². The Morgan fingerprint density at radius 1 is 1.03 bits per heavy atom. The standard InChI is InChI=1S/C22H23FN4O5S/c1-3-27(4-2)21(29)13-24-22(30)18-12-20(28)25-19-10-9-16(11-17(18)19)33(31,32)26-15-7-5-14(23)6-8-15/h5-12,26H,3-4,13H2,1-2H3,(H,24,30)(H,25,28). The first kappa shape index (κ1) is 23.9. The number of pyridine rings is 1. The molecule has 0 aliphatic carbocycles. The minimum absolute atomic E-state index is 0.0695. The summed E-state index contributed by atoms with van der Waals surface area (Å²) in [5, 5.41) is 2.67. The molecule has 1 aromatic heterocycles. The van der Waals surface area contributed by atoms with E-state index in [9.17, 15) is 27.2 Å². The van der Waals surface area contributed by atoms with Crippen molar-refractivity contribution in [3.8, 4) is 0 Å². The number of hydrogen-bond donors (Lipinski definition) is 3. The molecule has 0 unspecified atom stereocenters. The Morgan fingerprint density at radius 3 is 2.33 bits per heavy atom. The van der Waals surface area contributed by atoms with Gasteiger partial charge in [-0.25, -0.2) is 12.8 Å². The number of sulfonamides is 1. The summed E-state index contributed by atoms with van der Waals surface area (Å²) < 4.78 is 41.0. The highest BCUT2D eigenvalue weighted by Gasteiger charge is 2.19. The maximum atomic E-state index is 13.1. The Hall–Kier alpha value is -3.73. The van der Waals surface area contributed by atoms with Crippen LogP contribution in [0.15, 0.2) is 58.2 Å². The minimum Gasteiger partial charge on any atom is -0.343 e. The summed E-state index contributed by atoms with van der Waals surface area (Å²) in [6.45, 7) is 4.34. The average molecular weight is 475 g/mol. The number of H-pyrrole nitrogens is 1. The number of aromatic amines is 1. The zero-order valence-corrected chi connectivity index (χ0v) is 18.8. The van der Waals surface area contributed by atoms with Gasteiger partial charge in [0.1, 0.15) is 5.82 Å². The maximum absolute atomic E-state index is 13.1. The molecule has 0 aliphatic rings. The van der Waals surface area contributed by atoms with Gasteiger partial charge in [-0.2, -0.15) is 0 Å². The van der Waals surface area contributed by atoms with E-state index in [2.05, 4.69) is 15.0 Å². The highest BCUT2D eigenvalue weighted by Crippen LogP contribution is 2.22. The first-order valence-corrected chi connectivity index (χ1v) is 11.6. The summed E-state index contributed by atoms with van der Waals surface area (Å²) in [6, 6.07) is 9.72. The van der Waals surface area contributed by atoms with Gasteiger partial charge in [0.05, 0.1) is 17.0 Å². The average Bonchev–Trinajstić information content (AvgIpc) is 2.78. The van der Waals surface area contributed by atoms with Crippen LogP contribution in [-0.2, 0) is 14.8 Å². The van der Waals surface area contributed by atoms with Gasteiger partial charge in [-0.1, -0.05) is 0 Å². The molecule has 0 saturated heterocycles. The van der Waals surface area contributed by atoms with Crippen LogP contribution in [0.5, 0.6) is 0 Å². The second kappa shape index (κ2) is 9.82. The van der Waals surface area contributed by atoms with Crippen LogP contribution in [0, 0.1) is 5.82 Å². The van der Waals surface area contributed by atoms with E-state index in [1.807, 2.05) is 13.8 Å². The molecule has 11 heteroatoms. The van der Waals surface area contributed by atoms with Crippen molar-refractivity contribution in [1.82, 2.24) is 15.2 Å². The lowest BCUT2D eigenvalue weighted by atomic mass is 10.1. The van der Waals surface area contributed by atoms with E-state index in [1.165, 1.54) is 30.3 Å². The molecule has 0 saturated carbocycles. The van der Waals surface area contributed by atoms with Gasteiger partial charge in [-0.15, -0.1) is 0 Å². The number of anilines is 1. The van der Waals surface area contributed by atoms with Crippen LogP contribution in [0.25, 0.3) is 10.9 Å². The molecule has 3 rings (SSSR count). The molecule has 1 heterocycles. The first-order valence-electron chi connectivity index (χ1n) is 10.2. The van der Waals surface area contributed by atoms with Gasteiger partial charge in [0, 0.05) is 35.7 Å². The number of amides is 2. The number of nitrogens with one attached hydrogen (secondary N) is 3. The zero-order valence-electron chi connectivity index (χ0n) is 18.0. The predicted molar refractivity (Wildman–Crippen MR) is 122 cm³/mol. The topological polar surface area (TPSA) is 128 Å². The summed E-state index contributed by atoms with van der Waals surface area (Å²) >= 11 is 0. The summed E-state index contributed by atoms with van der Waals surface area (Å²) in [5.74, 6) is -1.48. The van der Waals surface area contributed by atoms with Crippen molar-refractivity contribution in [2.45, 2.75) is 18.7 Å². The fraction of sp³-hybridized carbons (Fsp3) is 0.227. The number of carbonyl (C=O) groups is 2. The molecule has 0 atom stereocenters. The van der Waals surface area contributed by atoms with Crippen molar-refractivity contribution >= 4 is 38.4 Å². The third-order valence-electron chi connectivity index (χ3n) is 4.98. The molecule has 0 fully saturated rings. The van der Waals surface area contributed by atoms with Crippen LogP contribution in [0.4, 0.5) is 10.1 Å². The van der Waals surface area contributed by atoms with Gasteiger partial charge in [-0.3, -0.25) is 19.1 Å². The number of likely N-dealkylation sites (N-methyl/N-ethyl adjacent to an activating group) is 1. The molecule has 2 aromatic carbocycles. The molecule has 0 bridgehead atoms. The highest BCUT2D eigenvalue weighted by molar-refractivity contribution is 7.92. The summed E-state index contributed by atoms with van der Waals surface area (Å²) in [6.07, 6.45) is 0. The lowest BCUT2D eigenvalue weighted by Gasteiger charge is -2.18. The summed E-state index contributed by atoms with van der Waals surface area (Å²) in [7, 11) is -4.07. The monoisotopic (exact) mass is 474 g/mol. The van der Waals surface area contributed by atoms with Crippen molar-refractivity contribution in [2.75, 3.05) is 24.4 Å². The molecule has 174 valence electrons. The van der Waals surface area contributed by atoms with Crippen molar-refractivity contribution in [2.24, 2.45) is 0 Å². The molecule has 0 radical (unpaired) electrons. The minimum atomic E-state index is -4.07. The molecule has 0 aliphatic heterocycles. The first-order chi connectivity index (χ1) is 15.6. The summed E-state index contributed by atoms with van der Waals surface area (Å²) in [5.41, 5.74) is -0.211. The Morgan fingerprint density at radius 2 is 1.70 bits per heavy atom. The fourth-order valence-corrected chi connectivity index (χ4v) is 4.34. The second-order valence-corrected chi connectivity index (χ2v) is 8.80.